The lowest BCUT2D eigenvalue weighted by Crippen LogP contribution is -2.46. The minimum atomic E-state index is -3.97. The third-order valence-corrected chi connectivity index (χ3v) is 5.83. The zero-order valence-corrected chi connectivity index (χ0v) is 18.2. The Bertz CT molecular complexity index is 1030. The molecule has 2 amide bonds. The van der Waals surface area contributed by atoms with E-state index in [0.717, 1.165) is 23.0 Å². The largest absolute Gasteiger partial charge is 0.350 e. The van der Waals surface area contributed by atoms with Crippen LogP contribution in [-0.2, 0) is 14.8 Å². The summed E-state index contributed by atoms with van der Waals surface area (Å²) >= 11 is 0. The van der Waals surface area contributed by atoms with Crippen molar-refractivity contribution < 1.29 is 22.4 Å². The van der Waals surface area contributed by atoms with Gasteiger partial charge in [-0.15, -0.1) is 0 Å². The fourth-order valence-corrected chi connectivity index (χ4v) is 4.02. The number of carbonyl (C=O) groups excluding carboxylic acids is 2. The summed E-state index contributed by atoms with van der Waals surface area (Å²) in [6.45, 7) is 5.15. The van der Waals surface area contributed by atoms with Crippen molar-refractivity contribution in [1.82, 2.24) is 5.32 Å². The van der Waals surface area contributed by atoms with E-state index in [1.807, 2.05) is 13.8 Å². The van der Waals surface area contributed by atoms with Crippen molar-refractivity contribution in [3.63, 3.8) is 0 Å². The lowest BCUT2D eigenvalue weighted by Gasteiger charge is -2.28. The number of halogens is 1. The van der Waals surface area contributed by atoms with Gasteiger partial charge >= 0.3 is 0 Å². The van der Waals surface area contributed by atoms with E-state index >= 15 is 0 Å². The van der Waals surface area contributed by atoms with Crippen LogP contribution >= 0.6 is 0 Å². The van der Waals surface area contributed by atoms with Gasteiger partial charge in [0.05, 0.1) is 23.2 Å². The number of para-hydroxylation sites is 2. The molecule has 0 unspecified atom stereocenters. The molecule has 2 atom stereocenters. The molecule has 30 heavy (non-hydrogen) atoms. The van der Waals surface area contributed by atoms with Crippen molar-refractivity contribution in [2.45, 2.75) is 39.3 Å². The summed E-state index contributed by atoms with van der Waals surface area (Å²) in [5, 5.41) is 5.42. The zero-order chi connectivity index (χ0) is 22.5. The number of anilines is 2. The van der Waals surface area contributed by atoms with Gasteiger partial charge in [0, 0.05) is 6.04 Å². The van der Waals surface area contributed by atoms with Gasteiger partial charge < -0.3 is 10.6 Å². The van der Waals surface area contributed by atoms with Crippen molar-refractivity contribution >= 4 is 33.2 Å². The SMILES string of the molecule is CC[C@@H](C)NC(=O)c1ccccc1NC(=O)[C@@H](C)N(c1ccccc1F)S(C)(=O)=O. The second kappa shape index (κ2) is 9.71. The number of nitrogens with one attached hydrogen (secondary N) is 2. The highest BCUT2D eigenvalue weighted by molar-refractivity contribution is 7.92. The zero-order valence-electron chi connectivity index (χ0n) is 17.3. The molecule has 7 nitrogen and oxygen atoms in total. The van der Waals surface area contributed by atoms with E-state index in [-0.39, 0.29) is 28.9 Å². The van der Waals surface area contributed by atoms with Crippen LogP contribution in [0.5, 0.6) is 0 Å². The first kappa shape index (κ1) is 23.3. The summed E-state index contributed by atoms with van der Waals surface area (Å²) in [4.78, 5) is 25.4. The number of sulfonamides is 1. The van der Waals surface area contributed by atoms with E-state index in [1.54, 1.807) is 24.3 Å². The van der Waals surface area contributed by atoms with E-state index in [9.17, 15) is 22.4 Å². The van der Waals surface area contributed by atoms with Gasteiger partial charge in [-0.05, 0) is 44.5 Å². The van der Waals surface area contributed by atoms with E-state index in [0.29, 0.717) is 0 Å². The maximum absolute atomic E-state index is 14.3. The van der Waals surface area contributed by atoms with Crippen LogP contribution in [0.4, 0.5) is 15.8 Å². The second-order valence-electron chi connectivity index (χ2n) is 7.00. The van der Waals surface area contributed by atoms with Crippen LogP contribution < -0.4 is 14.9 Å². The molecule has 0 bridgehead atoms. The highest BCUT2D eigenvalue weighted by Gasteiger charge is 2.31. The van der Waals surface area contributed by atoms with E-state index in [4.69, 9.17) is 0 Å². The van der Waals surface area contributed by atoms with Crippen LogP contribution in [0.25, 0.3) is 0 Å². The van der Waals surface area contributed by atoms with Crippen LogP contribution in [0.1, 0.15) is 37.6 Å². The van der Waals surface area contributed by atoms with Crippen molar-refractivity contribution in [2.75, 3.05) is 15.9 Å². The second-order valence-corrected chi connectivity index (χ2v) is 8.86. The predicted molar refractivity (Wildman–Crippen MR) is 115 cm³/mol. The van der Waals surface area contributed by atoms with Crippen LogP contribution in [0.3, 0.4) is 0 Å². The van der Waals surface area contributed by atoms with E-state index in [2.05, 4.69) is 10.6 Å². The third-order valence-electron chi connectivity index (χ3n) is 4.60. The molecule has 2 N–H and O–H groups in total. The average Bonchev–Trinajstić information content (AvgIpc) is 2.68. The van der Waals surface area contributed by atoms with Gasteiger partial charge in [0.25, 0.3) is 5.91 Å². The smallest absolute Gasteiger partial charge is 0.253 e. The van der Waals surface area contributed by atoms with Crippen molar-refractivity contribution in [3.05, 3.63) is 59.9 Å². The average molecular weight is 436 g/mol. The van der Waals surface area contributed by atoms with Crippen LogP contribution in [-0.4, -0.2) is 38.6 Å². The normalized spacial score (nSPS) is 13.2. The van der Waals surface area contributed by atoms with Crippen molar-refractivity contribution in [1.29, 1.82) is 0 Å². The van der Waals surface area contributed by atoms with Gasteiger partial charge in [0.1, 0.15) is 11.9 Å². The molecule has 9 heteroatoms. The number of carbonyl (C=O) groups is 2. The van der Waals surface area contributed by atoms with Crippen LogP contribution in [0.2, 0.25) is 0 Å². The fraction of sp³-hybridized carbons (Fsp3) is 0.333. The number of hydrogen-bond donors (Lipinski definition) is 2. The fourth-order valence-electron chi connectivity index (χ4n) is 2.84. The molecule has 0 heterocycles. The summed E-state index contributed by atoms with van der Waals surface area (Å²) in [7, 11) is -3.97. The molecule has 0 fully saturated rings. The van der Waals surface area contributed by atoms with Gasteiger partial charge in [0.2, 0.25) is 15.9 Å². The molecule has 0 spiro atoms. The monoisotopic (exact) mass is 435 g/mol. The Morgan fingerprint density at radius 3 is 2.27 bits per heavy atom. The number of benzene rings is 2. The predicted octanol–water partition coefficient (Wildman–Crippen LogP) is 3.15. The Morgan fingerprint density at radius 1 is 1.07 bits per heavy atom. The molecule has 2 aromatic carbocycles. The molecular weight excluding hydrogens is 409 g/mol. The van der Waals surface area contributed by atoms with Gasteiger partial charge in [0.15, 0.2) is 0 Å². The van der Waals surface area contributed by atoms with Gasteiger partial charge in [-0.3, -0.25) is 13.9 Å². The lowest BCUT2D eigenvalue weighted by molar-refractivity contribution is -0.116. The molecule has 162 valence electrons. The van der Waals surface area contributed by atoms with Gasteiger partial charge in [-0.2, -0.15) is 0 Å². The Balaban J connectivity index is 2.33. The molecule has 0 saturated heterocycles. The van der Waals surface area contributed by atoms with E-state index in [1.165, 1.54) is 25.1 Å². The summed E-state index contributed by atoms with van der Waals surface area (Å²) in [5.74, 6) is -1.83. The quantitative estimate of drug-likeness (QED) is 0.666. The summed E-state index contributed by atoms with van der Waals surface area (Å²) in [5.41, 5.74) is 0.248. The molecule has 0 radical (unpaired) electrons. The molecule has 2 aromatic rings. The number of amides is 2. The Kier molecular flexibility index (Phi) is 7.55. The first-order valence-corrected chi connectivity index (χ1v) is 11.4. The summed E-state index contributed by atoms with van der Waals surface area (Å²) < 4.78 is 39.6. The van der Waals surface area contributed by atoms with Crippen LogP contribution in [0, 0.1) is 5.82 Å². The Hall–Kier alpha value is -2.94. The standard InChI is InChI=1S/C21H26FN3O4S/c1-5-14(2)23-21(27)16-10-6-8-12-18(16)24-20(26)15(3)25(30(4,28)29)19-13-9-7-11-17(19)22/h6-15H,5H2,1-4H3,(H,23,27)(H,24,26)/t14-,15-/m1/s1. The van der Waals surface area contributed by atoms with Crippen molar-refractivity contribution in [2.24, 2.45) is 0 Å². The Labute approximate surface area is 176 Å². The number of nitrogens with zero attached hydrogens (tertiary/aromatic N) is 1. The highest BCUT2D eigenvalue weighted by Crippen LogP contribution is 2.25. The maximum atomic E-state index is 14.3. The minimum absolute atomic E-state index is 0.0537. The van der Waals surface area contributed by atoms with Crippen LogP contribution in [0.15, 0.2) is 48.5 Å². The molecular formula is C21H26FN3O4S. The molecule has 0 aliphatic heterocycles. The Morgan fingerprint density at radius 2 is 1.67 bits per heavy atom. The summed E-state index contributed by atoms with van der Waals surface area (Å²) in [6, 6.07) is 10.4. The van der Waals surface area contributed by atoms with Gasteiger partial charge in [-0.25, -0.2) is 12.8 Å². The minimum Gasteiger partial charge on any atom is -0.350 e. The summed E-state index contributed by atoms with van der Waals surface area (Å²) in [6.07, 6.45) is 1.64. The molecule has 0 aromatic heterocycles. The first-order chi connectivity index (χ1) is 14.1. The molecule has 2 rings (SSSR count). The molecule has 0 aliphatic rings. The van der Waals surface area contributed by atoms with Gasteiger partial charge in [-0.1, -0.05) is 31.2 Å². The van der Waals surface area contributed by atoms with Crippen molar-refractivity contribution in [3.8, 4) is 0 Å². The maximum Gasteiger partial charge on any atom is 0.253 e. The lowest BCUT2D eigenvalue weighted by atomic mass is 10.1. The van der Waals surface area contributed by atoms with E-state index < -0.39 is 27.8 Å². The third kappa shape index (κ3) is 5.56. The molecule has 0 aliphatic carbocycles. The highest BCUT2D eigenvalue weighted by atomic mass is 32.2. The number of hydrogen-bond acceptors (Lipinski definition) is 4. The first-order valence-electron chi connectivity index (χ1n) is 9.51. The number of rotatable bonds is 8. The topological polar surface area (TPSA) is 95.6 Å². The molecule has 0 saturated carbocycles.